The van der Waals surface area contributed by atoms with E-state index in [2.05, 4.69) is 0 Å². The van der Waals surface area contributed by atoms with E-state index in [0.717, 1.165) is 12.2 Å². The number of aliphatic hydroxyl groups excluding tert-OH is 2. The Kier molecular flexibility index (Phi) is 75.7. The van der Waals surface area contributed by atoms with E-state index in [1.807, 2.05) is 0 Å². The molecule has 0 aliphatic carbocycles. The molecule has 58 valence electrons. The number of hydrogen-bond donors (Lipinski definition) is 4. The molecular formula is C4H8N2O4. The van der Waals surface area contributed by atoms with Crippen molar-refractivity contribution < 1.29 is 19.8 Å². The highest BCUT2D eigenvalue weighted by Crippen LogP contribution is 1.39. The van der Waals surface area contributed by atoms with Gasteiger partial charge in [-0.05, 0) is 0 Å². The molecule has 4 N–H and O–H groups in total. The van der Waals surface area contributed by atoms with Crippen molar-refractivity contribution >= 4 is 12.2 Å². The van der Waals surface area contributed by atoms with Crippen molar-refractivity contribution in [3.63, 3.8) is 0 Å². The first kappa shape index (κ1) is 15.9. The molecule has 0 bridgehead atoms. The monoisotopic (exact) mass is 148 g/mol. The predicted molar refractivity (Wildman–Crippen MR) is 31.0 cm³/mol. The standard InChI is InChI=1S/C2H6O2.2CHNO/c3-1-2-4;2*2-1-3/h3-4H,1-2H2;2*2H. The maximum atomic E-state index is 8.35. The molecule has 0 aromatic carbocycles. The fourth-order valence-electron chi connectivity index (χ4n) is 0. The van der Waals surface area contributed by atoms with Crippen LogP contribution in [0, 0.1) is 10.8 Å². The highest BCUT2D eigenvalue weighted by molar-refractivity contribution is 5.26. The van der Waals surface area contributed by atoms with Gasteiger partial charge in [0.2, 0.25) is 12.2 Å². The molecule has 0 aliphatic rings. The van der Waals surface area contributed by atoms with Gasteiger partial charge >= 0.3 is 0 Å². The van der Waals surface area contributed by atoms with E-state index < -0.39 is 0 Å². The zero-order valence-electron chi connectivity index (χ0n) is 5.13. The second-order valence-electron chi connectivity index (χ2n) is 0.651. The number of nitrogens with one attached hydrogen (secondary N) is 2. The number of carbonyl (C=O) groups excluding carboxylic acids is 2. The van der Waals surface area contributed by atoms with Crippen molar-refractivity contribution in [2.75, 3.05) is 13.2 Å². The topological polar surface area (TPSA) is 122 Å². The third kappa shape index (κ3) is 2100. The second kappa shape index (κ2) is 47.7. The number of isocyanates is 2. The molecule has 6 heteroatoms. The van der Waals surface area contributed by atoms with Gasteiger partial charge in [-0.2, -0.15) is 0 Å². The van der Waals surface area contributed by atoms with Gasteiger partial charge in [0.05, 0.1) is 13.2 Å². The highest BCUT2D eigenvalue weighted by atomic mass is 16.3. The van der Waals surface area contributed by atoms with Crippen LogP contribution in [0.25, 0.3) is 0 Å². The zero-order chi connectivity index (χ0) is 8.83. The van der Waals surface area contributed by atoms with Crippen molar-refractivity contribution in [2.24, 2.45) is 0 Å². The van der Waals surface area contributed by atoms with Crippen LogP contribution in [-0.4, -0.2) is 35.6 Å². The van der Waals surface area contributed by atoms with Crippen LogP contribution >= 0.6 is 0 Å². The van der Waals surface area contributed by atoms with Gasteiger partial charge in [-0.1, -0.05) is 0 Å². The van der Waals surface area contributed by atoms with Gasteiger partial charge in [0.15, 0.2) is 0 Å². The Labute approximate surface area is 57.1 Å². The minimum Gasteiger partial charge on any atom is -0.394 e. The lowest BCUT2D eigenvalue weighted by Gasteiger charge is -1.70. The molecule has 0 saturated carbocycles. The molecule has 0 amide bonds. The lowest BCUT2D eigenvalue weighted by Crippen LogP contribution is -1.85. The Morgan fingerprint density at radius 1 is 1.00 bits per heavy atom. The van der Waals surface area contributed by atoms with Gasteiger partial charge in [0, 0.05) is 0 Å². The summed E-state index contributed by atoms with van der Waals surface area (Å²) in [5.74, 6) is 0. The molecule has 0 rings (SSSR count). The molecule has 0 atom stereocenters. The summed E-state index contributed by atoms with van der Waals surface area (Å²) in [6.07, 6.45) is 1.50. The Hall–Kier alpha value is -1.32. The summed E-state index contributed by atoms with van der Waals surface area (Å²) in [7, 11) is 0. The van der Waals surface area contributed by atoms with E-state index in [4.69, 9.17) is 30.6 Å². The molecule has 0 fully saturated rings. The fraction of sp³-hybridized carbons (Fsp3) is 0.500. The summed E-state index contributed by atoms with van der Waals surface area (Å²) in [5.41, 5.74) is 0. The smallest absolute Gasteiger partial charge is 0.231 e. The van der Waals surface area contributed by atoms with Crippen LogP contribution in [0.4, 0.5) is 0 Å². The van der Waals surface area contributed by atoms with Crippen LogP contribution in [0.5, 0.6) is 0 Å². The molecule has 0 unspecified atom stereocenters. The number of aliphatic hydroxyl groups is 2. The summed E-state index contributed by atoms with van der Waals surface area (Å²) in [5, 5.41) is 26.1. The molecule has 0 heterocycles. The number of rotatable bonds is 1. The van der Waals surface area contributed by atoms with E-state index in [1.54, 1.807) is 0 Å². The summed E-state index contributed by atoms with van der Waals surface area (Å²) < 4.78 is 0. The maximum absolute atomic E-state index is 8.35. The van der Waals surface area contributed by atoms with E-state index in [0.29, 0.717) is 0 Å². The second-order valence-corrected chi connectivity index (χ2v) is 0.651. The molecular weight excluding hydrogens is 140 g/mol. The highest BCUT2D eigenvalue weighted by Gasteiger charge is 1.58. The summed E-state index contributed by atoms with van der Waals surface area (Å²) in [6.45, 7) is -0.250. The SMILES string of the molecule is N=C=O.N=C=O.OCCO. The minimum absolute atomic E-state index is 0.125. The normalized spacial score (nSPS) is 4.60. The van der Waals surface area contributed by atoms with Crippen molar-refractivity contribution in [3.05, 3.63) is 0 Å². The quantitative estimate of drug-likeness (QED) is 0.274. The molecule has 0 radical (unpaired) electrons. The fourth-order valence-corrected chi connectivity index (χ4v) is 0. The Bertz CT molecular complexity index is 87.8. The number of hydrogen-bond acceptors (Lipinski definition) is 6. The molecule has 0 aromatic heterocycles. The largest absolute Gasteiger partial charge is 0.394 e. The summed E-state index contributed by atoms with van der Waals surface area (Å²) >= 11 is 0. The molecule has 0 aliphatic heterocycles. The molecule has 10 heavy (non-hydrogen) atoms. The zero-order valence-corrected chi connectivity index (χ0v) is 5.13. The van der Waals surface area contributed by atoms with Crippen LogP contribution in [0.3, 0.4) is 0 Å². The first-order chi connectivity index (χ1) is 4.74. The third-order valence-corrected chi connectivity index (χ3v) is 0.1000. The average Bonchev–Trinajstić information content (AvgIpc) is 1.91. The summed E-state index contributed by atoms with van der Waals surface area (Å²) in [6, 6.07) is 0. The van der Waals surface area contributed by atoms with Gasteiger partial charge in [-0.3, -0.25) is 0 Å². The molecule has 6 nitrogen and oxygen atoms in total. The molecule has 0 saturated heterocycles. The van der Waals surface area contributed by atoms with Crippen LogP contribution < -0.4 is 0 Å². The van der Waals surface area contributed by atoms with Gasteiger partial charge in [-0.15, -0.1) is 0 Å². The van der Waals surface area contributed by atoms with E-state index in [-0.39, 0.29) is 13.2 Å². The van der Waals surface area contributed by atoms with Crippen molar-refractivity contribution in [2.45, 2.75) is 0 Å². The van der Waals surface area contributed by atoms with Crippen molar-refractivity contribution in [1.82, 2.24) is 0 Å². The predicted octanol–water partition coefficient (Wildman–Crippen LogP) is -1.23. The van der Waals surface area contributed by atoms with Crippen LogP contribution in [0.2, 0.25) is 0 Å². The Morgan fingerprint density at radius 2 is 1.10 bits per heavy atom. The Balaban J connectivity index is -0.0000000750. The van der Waals surface area contributed by atoms with E-state index in [9.17, 15) is 0 Å². The van der Waals surface area contributed by atoms with E-state index in [1.165, 1.54) is 0 Å². The minimum atomic E-state index is -0.125. The summed E-state index contributed by atoms with van der Waals surface area (Å²) in [4.78, 5) is 16.7. The first-order valence-electron chi connectivity index (χ1n) is 2.04. The Morgan fingerprint density at radius 3 is 1.10 bits per heavy atom. The third-order valence-electron chi connectivity index (χ3n) is 0.1000. The van der Waals surface area contributed by atoms with Crippen molar-refractivity contribution in [1.29, 1.82) is 10.8 Å². The molecule has 0 aromatic rings. The maximum Gasteiger partial charge on any atom is 0.231 e. The van der Waals surface area contributed by atoms with Gasteiger partial charge < -0.3 is 10.2 Å². The van der Waals surface area contributed by atoms with Crippen LogP contribution in [0.1, 0.15) is 0 Å². The van der Waals surface area contributed by atoms with E-state index >= 15 is 0 Å². The van der Waals surface area contributed by atoms with Crippen LogP contribution in [-0.2, 0) is 9.59 Å². The van der Waals surface area contributed by atoms with Crippen LogP contribution in [0.15, 0.2) is 0 Å². The lowest BCUT2D eigenvalue weighted by atomic mass is 10.8. The average molecular weight is 148 g/mol. The first-order valence-corrected chi connectivity index (χ1v) is 2.04. The molecule has 0 spiro atoms. The van der Waals surface area contributed by atoms with Gasteiger partial charge in [-0.25, -0.2) is 20.4 Å². The lowest BCUT2D eigenvalue weighted by molar-refractivity contribution is 0.186. The van der Waals surface area contributed by atoms with Gasteiger partial charge in [0.25, 0.3) is 0 Å². The van der Waals surface area contributed by atoms with Crippen molar-refractivity contribution in [3.8, 4) is 0 Å². The van der Waals surface area contributed by atoms with Gasteiger partial charge in [0.1, 0.15) is 0 Å².